The van der Waals surface area contributed by atoms with Crippen molar-refractivity contribution >= 4 is 23.3 Å². The first-order valence-corrected chi connectivity index (χ1v) is 14.4. The van der Waals surface area contributed by atoms with Crippen LogP contribution in [0, 0.1) is 5.21 Å². The van der Waals surface area contributed by atoms with Crippen molar-refractivity contribution in [3.8, 4) is 17.2 Å². The molecule has 0 bridgehead atoms. The van der Waals surface area contributed by atoms with Gasteiger partial charge >= 0.3 is 11.9 Å². The SMILES string of the molecule is CCCCCCCCOc1ccc(C(=O)Oc2ccc(OC(=O)c3ccc(NN=[N+]([O-])c4ccccc4)cc3)cc2)cc1. The number of hydrogen-bond donors (Lipinski definition) is 1. The predicted molar refractivity (Wildman–Crippen MR) is 164 cm³/mol. The van der Waals surface area contributed by atoms with Gasteiger partial charge in [-0.15, -0.1) is 10.3 Å². The molecule has 4 aromatic carbocycles. The van der Waals surface area contributed by atoms with Crippen molar-refractivity contribution in [3.05, 3.63) is 119 Å². The second-order valence-electron chi connectivity index (χ2n) is 9.79. The van der Waals surface area contributed by atoms with Gasteiger partial charge in [-0.2, -0.15) is 0 Å². The number of para-hydroxylation sites is 1. The van der Waals surface area contributed by atoms with Gasteiger partial charge in [0.05, 0.1) is 23.0 Å². The van der Waals surface area contributed by atoms with Crippen molar-refractivity contribution in [2.45, 2.75) is 45.4 Å². The lowest BCUT2D eigenvalue weighted by atomic mass is 10.1. The number of nitrogens with one attached hydrogen (secondary N) is 1. The van der Waals surface area contributed by atoms with E-state index in [1.54, 1.807) is 103 Å². The van der Waals surface area contributed by atoms with Gasteiger partial charge in [-0.1, -0.05) is 57.2 Å². The Bertz CT molecular complexity index is 1470. The molecule has 0 saturated carbocycles. The Kier molecular flexibility index (Phi) is 11.7. The summed E-state index contributed by atoms with van der Waals surface area (Å²) in [6.45, 7) is 2.86. The normalized spacial score (nSPS) is 11.0. The minimum Gasteiger partial charge on any atom is -0.691 e. The van der Waals surface area contributed by atoms with E-state index >= 15 is 0 Å². The summed E-state index contributed by atoms with van der Waals surface area (Å²) in [6.07, 6.45) is 7.19. The van der Waals surface area contributed by atoms with Crippen LogP contribution in [0.2, 0.25) is 0 Å². The lowest BCUT2D eigenvalue weighted by molar-refractivity contribution is -0.439. The molecule has 0 aliphatic carbocycles. The highest BCUT2D eigenvalue weighted by Gasteiger charge is 2.12. The number of ether oxygens (including phenoxy) is 3. The summed E-state index contributed by atoms with van der Waals surface area (Å²) in [7, 11) is 0. The lowest BCUT2D eigenvalue weighted by Gasteiger charge is -2.08. The zero-order valence-corrected chi connectivity index (χ0v) is 24.1. The van der Waals surface area contributed by atoms with Gasteiger partial charge in [-0.3, -0.25) is 0 Å². The minimum absolute atomic E-state index is 0.290. The van der Waals surface area contributed by atoms with Crippen molar-refractivity contribution < 1.29 is 28.7 Å². The Morgan fingerprint density at radius 3 is 1.77 bits per heavy atom. The van der Waals surface area contributed by atoms with E-state index in [1.165, 1.54) is 25.7 Å². The van der Waals surface area contributed by atoms with E-state index in [-0.39, 0.29) is 0 Å². The molecule has 9 nitrogen and oxygen atoms in total. The van der Waals surface area contributed by atoms with Gasteiger partial charge in [0.1, 0.15) is 22.9 Å². The third kappa shape index (κ3) is 10.00. The third-order valence-electron chi connectivity index (χ3n) is 6.47. The Labute approximate surface area is 251 Å². The average Bonchev–Trinajstić information content (AvgIpc) is 3.05. The van der Waals surface area contributed by atoms with E-state index in [9.17, 15) is 14.8 Å². The van der Waals surface area contributed by atoms with E-state index in [4.69, 9.17) is 14.2 Å². The second-order valence-corrected chi connectivity index (χ2v) is 9.79. The summed E-state index contributed by atoms with van der Waals surface area (Å²) in [5.74, 6) is 0.252. The predicted octanol–water partition coefficient (Wildman–Crippen LogP) is 8.49. The highest BCUT2D eigenvalue weighted by atomic mass is 16.5. The molecular weight excluding hydrogens is 546 g/mol. The lowest BCUT2D eigenvalue weighted by Crippen LogP contribution is -2.09. The maximum Gasteiger partial charge on any atom is 0.343 e. The van der Waals surface area contributed by atoms with Gasteiger partial charge in [-0.05, 0) is 91.3 Å². The Balaban J connectivity index is 1.21. The summed E-state index contributed by atoms with van der Waals surface area (Å²) in [5.41, 5.74) is 4.26. The monoisotopic (exact) mass is 581 g/mol. The molecule has 1 N–H and O–H groups in total. The molecule has 0 radical (unpaired) electrons. The van der Waals surface area contributed by atoms with E-state index in [1.807, 2.05) is 0 Å². The minimum atomic E-state index is -0.568. The molecular formula is C34H35N3O6. The van der Waals surface area contributed by atoms with Crippen LogP contribution in [0.1, 0.15) is 66.2 Å². The molecule has 9 heteroatoms. The number of carbonyl (C=O) groups excluding carboxylic acids is 2. The van der Waals surface area contributed by atoms with Crippen LogP contribution in [-0.2, 0) is 0 Å². The first-order chi connectivity index (χ1) is 21.0. The molecule has 0 aliphatic rings. The number of benzene rings is 4. The Morgan fingerprint density at radius 1 is 0.674 bits per heavy atom. The molecule has 222 valence electrons. The number of nitrogens with zero attached hydrogens (tertiary/aromatic N) is 2. The number of carbonyl (C=O) groups is 2. The van der Waals surface area contributed by atoms with Gasteiger partial charge in [0.25, 0.3) is 0 Å². The highest BCUT2D eigenvalue weighted by molar-refractivity contribution is 5.92. The Hall–Kier alpha value is -5.18. The van der Waals surface area contributed by atoms with Crippen molar-refractivity contribution in [1.29, 1.82) is 0 Å². The van der Waals surface area contributed by atoms with Crippen LogP contribution in [0.3, 0.4) is 0 Å². The van der Waals surface area contributed by atoms with Crippen LogP contribution in [-0.4, -0.2) is 23.4 Å². The van der Waals surface area contributed by atoms with Crippen LogP contribution in [0.4, 0.5) is 11.4 Å². The fourth-order valence-electron chi connectivity index (χ4n) is 4.06. The van der Waals surface area contributed by atoms with Gasteiger partial charge < -0.3 is 19.4 Å². The van der Waals surface area contributed by atoms with Gasteiger partial charge in [0, 0.05) is 0 Å². The first-order valence-electron chi connectivity index (χ1n) is 14.4. The molecule has 0 unspecified atom stereocenters. The fourth-order valence-corrected chi connectivity index (χ4v) is 4.06. The molecule has 4 rings (SSSR count). The topological polar surface area (TPSA) is 112 Å². The third-order valence-corrected chi connectivity index (χ3v) is 6.47. The quantitative estimate of drug-likeness (QED) is 0.0374. The van der Waals surface area contributed by atoms with Crippen LogP contribution in [0.25, 0.3) is 0 Å². The van der Waals surface area contributed by atoms with E-state index in [0.717, 1.165) is 12.8 Å². The Morgan fingerprint density at radius 2 is 1.19 bits per heavy atom. The largest absolute Gasteiger partial charge is 0.691 e. The maximum atomic E-state index is 12.6. The molecule has 0 aliphatic heterocycles. The van der Waals surface area contributed by atoms with Crippen molar-refractivity contribution in [2.75, 3.05) is 12.0 Å². The zero-order chi connectivity index (χ0) is 30.3. The number of esters is 2. The fraction of sp³-hybridized carbons (Fsp3) is 0.235. The van der Waals surface area contributed by atoms with Crippen LogP contribution in [0.5, 0.6) is 17.2 Å². The maximum absolute atomic E-state index is 12.6. The molecule has 0 heterocycles. The first kappa shape index (κ1) is 30.8. The average molecular weight is 582 g/mol. The summed E-state index contributed by atoms with van der Waals surface area (Å²) in [5, 5.41) is 15.8. The summed E-state index contributed by atoms with van der Waals surface area (Å²) < 4.78 is 16.6. The molecule has 43 heavy (non-hydrogen) atoms. The van der Waals surface area contributed by atoms with Crippen molar-refractivity contribution in [3.63, 3.8) is 0 Å². The molecule has 4 aromatic rings. The number of anilines is 1. The molecule has 0 aromatic heterocycles. The molecule has 0 atom stereocenters. The zero-order valence-electron chi connectivity index (χ0n) is 24.1. The molecule has 0 fully saturated rings. The number of rotatable bonds is 15. The standard InChI is InChI=1S/C34H35N3O6/c1-2-3-4-5-6-10-25-41-30-19-15-27(16-20-30)34(39)43-32-23-21-31(22-24-32)42-33(38)26-13-17-28(18-14-26)35-36-37(40)29-11-8-7-9-12-29/h7-9,11-24,35H,2-6,10,25H2,1H3. The van der Waals surface area contributed by atoms with Crippen molar-refractivity contribution in [1.82, 2.24) is 0 Å². The second kappa shape index (κ2) is 16.3. The number of hydrogen-bond acceptors (Lipinski definition) is 7. The van der Waals surface area contributed by atoms with E-state index in [2.05, 4.69) is 17.6 Å². The van der Waals surface area contributed by atoms with Crippen LogP contribution in [0.15, 0.2) is 108 Å². The smallest absolute Gasteiger partial charge is 0.343 e. The van der Waals surface area contributed by atoms with Crippen LogP contribution >= 0.6 is 0 Å². The molecule has 0 saturated heterocycles. The van der Waals surface area contributed by atoms with Gasteiger partial charge in [0.15, 0.2) is 5.69 Å². The molecule has 0 spiro atoms. The number of unbranched alkanes of at least 4 members (excludes halogenated alkanes) is 5. The van der Waals surface area contributed by atoms with E-state index in [0.29, 0.717) is 51.2 Å². The highest BCUT2D eigenvalue weighted by Crippen LogP contribution is 2.21. The van der Waals surface area contributed by atoms with Gasteiger partial charge in [-0.25, -0.2) is 9.59 Å². The van der Waals surface area contributed by atoms with E-state index < -0.39 is 11.9 Å². The molecule has 0 amide bonds. The summed E-state index contributed by atoms with van der Waals surface area (Å²) >= 11 is 0. The summed E-state index contributed by atoms with van der Waals surface area (Å²) in [6, 6.07) is 27.9. The van der Waals surface area contributed by atoms with Crippen molar-refractivity contribution in [2.24, 2.45) is 5.22 Å². The van der Waals surface area contributed by atoms with Crippen LogP contribution < -0.4 is 19.6 Å². The summed E-state index contributed by atoms with van der Waals surface area (Å²) in [4.78, 5) is 25.6. The van der Waals surface area contributed by atoms with Gasteiger partial charge in [0.2, 0.25) is 0 Å².